The maximum absolute atomic E-state index is 5.82. The highest BCUT2D eigenvalue weighted by Crippen LogP contribution is 2.19. The summed E-state index contributed by atoms with van der Waals surface area (Å²) in [7, 11) is 0. The molecule has 0 aliphatic carbocycles. The minimum atomic E-state index is 0.520. The third-order valence-electron chi connectivity index (χ3n) is 2.36. The summed E-state index contributed by atoms with van der Waals surface area (Å²) in [6.07, 6.45) is 1.07. The van der Waals surface area contributed by atoms with Crippen LogP contribution in [0, 0.1) is 0 Å². The van der Waals surface area contributed by atoms with E-state index >= 15 is 0 Å². The zero-order valence-corrected chi connectivity index (χ0v) is 10.6. The molecule has 0 spiro atoms. The summed E-state index contributed by atoms with van der Waals surface area (Å²) in [6, 6.07) is 7.76. The molecule has 0 bridgehead atoms. The van der Waals surface area contributed by atoms with Gasteiger partial charge in [-0.2, -0.15) is 0 Å². The standard InChI is InChI=1S/C12H13ClN2S/c1-2-9-6-7-16-10(9)8-14-12-5-3-4-11(13)15-12/h3-7H,2,8H2,1H3,(H,14,15). The van der Waals surface area contributed by atoms with Crippen molar-refractivity contribution in [1.82, 2.24) is 4.98 Å². The normalized spacial score (nSPS) is 10.4. The van der Waals surface area contributed by atoms with Gasteiger partial charge in [-0.05, 0) is 35.6 Å². The van der Waals surface area contributed by atoms with Crippen molar-refractivity contribution in [3.8, 4) is 0 Å². The molecule has 2 heterocycles. The zero-order valence-electron chi connectivity index (χ0n) is 9.03. The Morgan fingerprint density at radius 3 is 3.00 bits per heavy atom. The molecule has 4 heteroatoms. The van der Waals surface area contributed by atoms with E-state index in [1.807, 2.05) is 12.1 Å². The van der Waals surface area contributed by atoms with E-state index in [0.717, 1.165) is 18.8 Å². The molecule has 0 aliphatic heterocycles. The highest BCUT2D eigenvalue weighted by Gasteiger charge is 2.02. The number of anilines is 1. The molecule has 2 rings (SSSR count). The Bertz CT molecular complexity index is 468. The molecule has 0 unspecified atom stereocenters. The lowest BCUT2D eigenvalue weighted by Crippen LogP contribution is -2.01. The van der Waals surface area contributed by atoms with Gasteiger partial charge in [0.25, 0.3) is 0 Å². The van der Waals surface area contributed by atoms with E-state index in [4.69, 9.17) is 11.6 Å². The molecule has 84 valence electrons. The second-order valence-corrected chi connectivity index (χ2v) is 4.81. The lowest BCUT2D eigenvalue weighted by Gasteiger charge is -2.05. The molecular weight excluding hydrogens is 240 g/mol. The smallest absolute Gasteiger partial charge is 0.131 e. The van der Waals surface area contributed by atoms with Gasteiger partial charge in [-0.1, -0.05) is 24.6 Å². The first-order chi connectivity index (χ1) is 7.79. The number of hydrogen-bond acceptors (Lipinski definition) is 3. The number of nitrogens with one attached hydrogen (secondary N) is 1. The first-order valence-electron chi connectivity index (χ1n) is 5.21. The summed E-state index contributed by atoms with van der Waals surface area (Å²) < 4.78 is 0. The number of aryl methyl sites for hydroxylation is 1. The number of aromatic nitrogens is 1. The third kappa shape index (κ3) is 2.74. The van der Waals surface area contributed by atoms with Crippen LogP contribution >= 0.6 is 22.9 Å². The maximum atomic E-state index is 5.82. The molecule has 2 aromatic heterocycles. The molecule has 0 saturated heterocycles. The van der Waals surface area contributed by atoms with Crippen LogP contribution in [-0.4, -0.2) is 4.98 Å². The molecule has 16 heavy (non-hydrogen) atoms. The lowest BCUT2D eigenvalue weighted by molar-refractivity contribution is 1.07. The maximum Gasteiger partial charge on any atom is 0.131 e. The molecule has 0 aromatic carbocycles. The molecule has 0 aliphatic rings. The SMILES string of the molecule is CCc1ccsc1CNc1cccc(Cl)n1. The van der Waals surface area contributed by atoms with Gasteiger partial charge in [0.1, 0.15) is 11.0 Å². The number of halogens is 1. The molecule has 2 nitrogen and oxygen atoms in total. The van der Waals surface area contributed by atoms with Crippen LogP contribution in [0.4, 0.5) is 5.82 Å². The number of nitrogens with zero attached hydrogens (tertiary/aromatic N) is 1. The van der Waals surface area contributed by atoms with Crippen molar-refractivity contribution in [2.75, 3.05) is 5.32 Å². The second-order valence-electron chi connectivity index (χ2n) is 3.42. The quantitative estimate of drug-likeness (QED) is 0.833. The fraction of sp³-hybridized carbons (Fsp3) is 0.250. The van der Waals surface area contributed by atoms with Gasteiger partial charge in [-0.3, -0.25) is 0 Å². The van der Waals surface area contributed by atoms with Gasteiger partial charge in [0.05, 0.1) is 6.54 Å². The van der Waals surface area contributed by atoms with Crippen molar-refractivity contribution in [3.63, 3.8) is 0 Å². The highest BCUT2D eigenvalue weighted by atomic mass is 35.5. The van der Waals surface area contributed by atoms with Gasteiger partial charge in [-0.15, -0.1) is 11.3 Å². The molecule has 0 atom stereocenters. The van der Waals surface area contributed by atoms with Crippen LogP contribution in [0.25, 0.3) is 0 Å². The summed E-state index contributed by atoms with van der Waals surface area (Å²) >= 11 is 7.59. The lowest BCUT2D eigenvalue weighted by atomic mass is 10.2. The molecule has 0 fully saturated rings. The highest BCUT2D eigenvalue weighted by molar-refractivity contribution is 7.10. The van der Waals surface area contributed by atoms with Crippen LogP contribution in [-0.2, 0) is 13.0 Å². The fourth-order valence-electron chi connectivity index (χ4n) is 1.51. The Morgan fingerprint density at radius 1 is 1.38 bits per heavy atom. The third-order valence-corrected chi connectivity index (χ3v) is 3.54. The minimum absolute atomic E-state index is 0.520. The first-order valence-corrected chi connectivity index (χ1v) is 6.47. The van der Waals surface area contributed by atoms with Crippen LogP contribution in [0.5, 0.6) is 0 Å². The summed E-state index contributed by atoms with van der Waals surface area (Å²) in [4.78, 5) is 5.55. The van der Waals surface area contributed by atoms with E-state index in [1.165, 1.54) is 10.4 Å². The fourth-order valence-corrected chi connectivity index (χ4v) is 2.59. The average Bonchev–Trinajstić information content (AvgIpc) is 2.74. The number of hydrogen-bond donors (Lipinski definition) is 1. The number of pyridine rings is 1. The Morgan fingerprint density at radius 2 is 2.25 bits per heavy atom. The van der Waals surface area contributed by atoms with Crippen LogP contribution in [0.2, 0.25) is 5.15 Å². The van der Waals surface area contributed by atoms with Crippen molar-refractivity contribution in [1.29, 1.82) is 0 Å². The van der Waals surface area contributed by atoms with Gasteiger partial charge in [0, 0.05) is 4.88 Å². The number of rotatable bonds is 4. The van der Waals surface area contributed by atoms with Gasteiger partial charge >= 0.3 is 0 Å². The number of thiophene rings is 1. The molecule has 2 aromatic rings. The molecule has 0 saturated carbocycles. The Kier molecular flexibility index (Phi) is 3.80. The molecule has 1 N–H and O–H groups in total. The van der Waals surface area contributed by atoms with Crippen LogP contribution in [0.1, 0.15) is 17.4 Å². The van der Waals surface area contributed by atoms with Crippen LogP contribution < -0.4 is 5.32 Å². The van der Waals surface area contributed by atoms with E-state index < -0.39 is 0 Å². The Balaban J connectivity index is 2.02. The van der Waals surface area contributed by atoms with Gasteiger partial charge < -0.3 is 5.32 Å². The molecule has 0 amide bonds. The monoisotopic (exact) mass is 252 g/mol. The van der Waals surface area contributed by atoms with Crippen LogP contribution in [0.3, 0.4) is 0 Å². The molecule has 0 radical (unpaired) electrons. The zero-order chi connectivity index (χ0) is 11.4. The van der Waals surface area contributed by atoms with Crippen molar-refractivity contribution < 1.29 is 0 Å². The average molecular weight is 253 g/mol. The first kappa shape index (κ1) is 11.4. The Hall–Kier alpha value is -1.06. The van der Waals surface area contributed by atoms with Crippen molar-refractivity contribution in [2.45, 2.75) is 19.9 Å². The van der Waals surface area contributed by atoms with Crippen molar-refractivity contribution >= 4 is 28.8 Å². The van der Waals surface area contributed by atoms with Crippen molar-refractivity contribution in [3.05, 3.63) is 45.2 Å². The van der Waals surface area contributed by atoms with E-state index in [2.05, 4.69) is 28.7 Å². The van der Waals surface area contributed by atoms with Crippen LogP contribution in [0.15, 0.2) is 29.6 Å². The minimum Gasteiger partial charge on any atom is -0.365 e. The van der Waals surface area contributed by atoms with E-state index in [0.29, 0.717) is 5.15 Å². The second kappa shape index (κ2) is 5.32. The van der Waals surface area contributed by atoms with E-state index in [1.54, 1.807) is 17.4 Å². The van der Waals surface area contributed by atoms with Gasteiger partial charge in [-0.25, -0.2) is 4.98 Å². The predicted molar refractivity (Wildman–Crippen MR) is 70.3 cm³/mol. The summed E-state index contributed by atoms with van der Waals surface area (Å²) in [6.45, 7) is 2.98. The van der Waals surface area contributed by atoms with Gasteiger partial charge in [0.15, 0.2) is 0 Å². The summed E-state index contributed by atoms with van der Waals surface area (Å²) in [5.74, 6) is 0.822. The van der Waals surface area contributed by atoms with Crippen molar-refractivity contribution in [2.24, 2.45) is 0 Å². The largest absolute Gasteiger partial charge is 0.365 e. The molecular formula is C12H13ClN2S. The Labute approximate surface area is 104 Å². The summed E-state index contributed by atoms with van der Waals surface area (Å²) in [5.41, 5.74) is 1.40. The van der Waals surface area contributed by atoms with E-state index in [-0.39, 0.29) is 0 Å². The topological polar surface area (TPSA) is 24.9 Å². The summed E-state index contributed by atoms with van der Waals surface area (Å²) in [5, 5.41) is 5.92. The predicted octanol–water partition coefficient (Wildman–Crippen LogP) is 3.97. The van der Waals surface area contributed by atoms with Gasteiger partial charge in [0.2, 0.25) is 0 Å². The van der Waals surface area contributed by atoms with E-state index in [9.17, 15) is 0 Å².